The molecule has 8 rings (SSSR count). The van der Waals surface area contributed by atoms with Crippen molar-refractivity contribution in [3.05, 3.63) is 90.3 Å². The van der Waals surface area contributed by atoms with E-state index >= 15 is 0 Å². The summed E-state index contributed by atoms with van der Waals surface area (Å²) in [5, 5.41) is 5.51. The number of nitrogens with zero attached hydrogens (tertiary/aromatic N) is 5. The molecule has 6 heterocycles. The van der Waals surface area contributed by atoms with Crippen LogP contribution in [0.15, 0.2) is 73.4 Å². The third-order valence-electron chi connectivity index (χ3n) is 13.5. The van der Waals surface area contributed by atoms with Gasteiger partial charge in [0.05, 0.1) is 24.1 Å². The Balaban J connectivity index is 1.19. The molecule has 3 fully saturated rings. The van der Waals surface area contributed by atoms with Crippen molar-refractivity contribution in [3.63, 3.8) is 0 Å². The van der Waals surface area contributed by atoms with Gasteiger partial charge < -0.3 is 29.0 Å². The van der Waals surface area contributed by atoms with Gasteiger partial charge in [-0.15, -0.1) is 0 Å². The van der Waals surface area contributed by atoms with E-state index in [0.717, 1.165) is 50.1 Å². The van der Waals surface area contributed by atoms with Crippen LogP contribution in [0.5, 0.6) is 0 Å². The van der Waals surface area contributed by atoms with Crippen LogP contribution in [0.1, 0.15) is 77.3 Å². The molecular weight excluding hydrogens is 827 g/mol. The lowest BCUT2D eigenvalue weighted by atomic mass is 9.84. The number of hydrogen-bond donors (Lipinski definition) is 2. The van der Waals surface area contributed by atoms with Crippen molar-refractivity contribution in [1.82, 2.24) is 35.1 Å². The first kappa shape index (κ1) is 45.5. The van der Waals surface area contributed by atoms with Crippen LogP contribution >= 0.6 is 0 Å². The molecule has 2 aromatic heterocycles. The Kier molecular flexibility index (Phi) is 12.7. The van der Waals surface area contributed by atoms with Crippen molar-refractivity contribution in [3.8, 4) is 22.4 Å². The molecular formula is C50H61N7O8. The Morgan fingerprint density at radius 1 is 1.08 bits per heavy atom. The van der Waals surface area contributed by atoms with E-state index in [-0.39, 0.29) is 37.5 Å². The Hall–Kier alpha value is -6.06. The summed E-state index contributed by atoms with van der Waals surface area (Å²) in [6.07, 6.45) is 3.00. The summed E-state index contributed by atoms with van der Waals surface area (Å²) >= 11 is 0. The first-order valence-corrected chi connectivity index (χ1v) is 22.7. The van der Waals surface area contributed by atoms with Gasteiger partial charge in [0, 0.05) is 80.3 Å². The van der Waals surface area contributed by atoms with Crippen molar-refractivity contribution in [2.75, 3.05) is 39.9 Å². The lowest BCUT2D eigenvalue weighted by Crippen LogP contribution is -2.66. The first-order chi connectivity index (χ1) is 31.0. The number of carbonyl (C=O) groups excluding carboxylic acids is 5. The lowest BCUT2D eigenvalue weighted by molar-refractivity contribution is -0.162. The molecule has 4 amide bonds. The molecule has 344 valence electrons. The number of nitrogens with one attached hydrogen (secondary N) is 2. The van der Waals surface area contributed by atoms with Gasteiger partial charge in [0.2, 0.25) is 11.8 Å². The molecule has 2 N–H and O–H groups in total. The number of aryl methyl sites for hydroxylation is 1. The normalized spacial score (nSPS) is 24.2. The summed E-state index contributed by atoms with van der Waals surface area (Å²) in [7, 11) is 1.69. The van der Waals surface area contributed by atoms with Gasteiger partial charge in [0.15, 0.2) is 6.04 Å². The number of pyridine rings is 1. The van der Waals surface area contributed by atoms with Crippen molar-refractivity contribution in [1.29, 1.82) is 0 Å². The van der Waals surface area contributed by atoms with Crippen LogP contribution in [0.3, 0.4) is 0 Å². The Bertz CT molecular complexity index is 2530. The Labute approximate surface area is 380 Å². The number of likely N-dealkylation sites (tertiary alicyclic amines) is 1. The van der Waals surface area contributed by atoms with E-state index in [9.17, 15) is 24.0 Å². The van der Waals surface area contributed by atoms with Crippen LogP contribution in [0, 0.1) is 11.3 Å². The summed E-state index contributed by atoms with van der Waals surface area (Å²) < 4.78 is 19.9. The van der Waals surface area contributed by atoms with Crippen LogP contribution < -0.4 is 10.7 Å². The van der Waals surface area contributed by atoms with Gasteiger partial charge in [-0.3, -0.25) is 29.3 Å². The predicted octanol–water partition coefficient (Wildman–Crippen LogP) is 5.99. The van der Waals surface area contributed by atoms with E-state index in [2.05, 4.69) is 66.9 Å². The summed E-state index contributed by atoms with van der Waals surface area (Å²) in [6, 6.07) is 16.4. The highest BCUT2D eigenvalue weighted by Crippen LogP contribution is 2.42. The smallest absolute Gasteiger partial charge is 0.410 e. The van der Waals surface area contributed by atoms with Crippen LogP contribution in [-0.2, 0) is 52.8 Å². The largest absolute Gasteiger partial charge is 0.464 e. The maximum Gasteiger partial charge on any atom is 0.410 e. The van der Waals surface area contributed by atoms with E-state index in [1.54, 1.807) is 32.1 Å². The molecule has 2 aromatic carbocycles. The topological polar surface area (TPSA) is 165 Å². The molecule has 4 aliphatic rings. The van der Waals surface area contributed by atoms with E-state index in [4.69, 9.17) is 19.2 Å². The molecule has 6 bridgehead atoms. The molecule has 5 atom stereocenters. The fourth-order valence-corrected chi connectivity index (χ4v) is 9.97. The van der Waals surface area contributed by atoms with Gasteiger partial charge in [-0.2, -0.15) is 0 Å². The van der Waals surface area contributed by atoms with Crippen LogP contribution in [-0.4, -0.2) is 118 Å². The second-order valence-electron chi connectivity index (χ2n) is 19.0. The highest BCUT2D eigenvalue weighted by atomic mass is 16.6. The maximum atomic E-state index is 14.8. The minimum absolute atomic E-state index is 0.0530. The molecule has 15 nitrogen and oxygen atoms in total. The second kappa shape index (κ2) is 18.1. The zero-order valence-electron chi connectivity index (χ0n) is 38.5. The van der Waals surface area contributed by atoms with Gasteiger partial charge in [-0.1, -0.05) is 50.8 Å². The van der Waals surface area contributed by atoms with Crippen LogP contribution in [0.2, 0.25) is 0 Å². The quantitative estimate of drug-likeness (QED) is 0.151. The second-order valence-corrected chi connectivity index (χ2v) is 19.0. The number of benzene rings is 2. The van der Waals surface area contributed by atoms with Gasteiger partial charge in [0.1, 0.15) is 17.7 Å². The fraction of sp³-hybridized carbons (Fsp3) is 0.480. The SMILES string of the molecule is C=CC(=O)N1CC(CN2C(=O)O[C@H](C)[C@H]2C(=O)N[C@H]2Cc3cccc(c3)-c3ccc4c(c3)c(c(-c3cccnc3[C@H](C)OC)n4CC)CC(C)(C)COC(=O)[C@@]3(C)CCCN(N3)C2=O)C1. The number of carbonyl (C=O) groups is 5. The summed E-state index contributed by atoms with van der Waals surface area (Å²) in [6.45, 7) is 17.5. The number of hydrogen-bond acceptors (Lipinski definition) is 10. The number of fused-ring (bicyclic) bond motifs is 6. The third-order valence-corrected chi connectivity index (χ3v) is 13.5. The molecule has 0 spiro atoms. The van der Waals surface area contributed by atoms with E-state index in [1.165, 1.54) is 16.0 Å². The number of ether oxygens (including phenoxy) is 3. The average Bonchev–Trinajstić information content (AvgIpc) is 3.74. The zero-order valence-corrected chi connectivity index (χ0v) is 38.5. The average molecular weight is 888 g/mol. The summed E-state index contributed by atoms with van der Waals surface area (Å²) in [4.78, 5) is 76.5. The summed E-state index contributed by atoms with van der Waals surface area (Å²) in [5.74, 6) is -1.69. The molecule has 0 radical (unpaired) electrons. The number of rotatable bonds is 9. The fourth-order valence-electron chi connectivity index (χ4n) is 9.97. The number of esters is 1. The zero-order chi connectivity index (χ0) is 46.4. The monoisotopic (exact) mass is 887 g/mol. The van der Waals surface area contributed by atoms with E-state index in [1.807, 2.05) is 37.3 Å². The van der Waals surface area contributed by atoms with Crippen LogP contribution in [0.25, 0.3) is 33.3 Å². The molecule has 0 saturated carbocycles. The number of aromatic nitrogens is 2. The van der Waals surface area contributed by atoms with E-state index in [0.29, 0.717) is 45.4 Å². The maximum absolute atomic E-state index is 14.8. The highest BCUT2D eigenvalue weighted by Gasteiger charge is 2.48. The number of methoxy groups -OCH3 is 1. The Morgan fingerprint density at radius 3 is 2.58 bits per heavy atom. The molecule has 4 aliphatic heterocycles. The predicted molar refractivity (Wildman–Crippen MR) is 245 cm³/mol. The Morgan fingerprint density at radius 2 is 1.85 bits per heavy atom. The van der Waals surface area contributed by atoms with Gasteiger partial charge >= 0.3 is 12.1 Å². The van der Waals surface area contributed by atoms with Crippen molar-refractivity contribution >= 4 is 40.7 Å². The highest BCUT2D eigenvalue weighted by molar-refractivity contribution is 5.96. The van der Waals surface area contributed by atoms with Gasteiger partial charge in [-0.05, 0) is 99.6 Å². The van der Waals surface area contributed by atoms with Crippen molar-refractivity contribution < 1.29 is 38.2 Å². The lowest BCUT2D eigenvalue weighted by Gasteiger charge is -2.42. The van der Waals surface area contributed by atoms with Crippen molar-refractivity contribution in [2.45, 2.75) is 104 Å². The van der Waals surface area contributed by atoms with Crippen molar-refractivity contribution in [2.24, 2.45) is 11.3 Å². The molecule has 4 aromatic rings. The standard InChI is InChI=1S/C50H61N7O8/c1-9-41(58)54-26-33(27-54)28-56-43(31(4)65-48(56)62)45(59)52-39-23-32-14-11-15-34(22-32)35-17-18-40-37(24-35)38(44(55(40)10-2)36-16-12-20-51-42(36)30(3)63-8)25-49(5,6)29-64-47(61)50(7)19-13-21-57(53-50)46(39)60/h9,11-12,14-18,20,22,24,30-31,33,39,43,53H,1,10,13,19,21,23,25-29H2,2-8H3,(H,52,59)/t30-,31+,39-,43-,50+/m0/s1. The van der Waals surface area contributed by atoms with Gasteiger partial charge in [0.25, 0.3) is 5.91 Å². The minimum atomic E-state index is -1.23. The van der Waals surface area contributed by atoms with Gasteiger partial charge in [-0.25, -0.2) is 15.0 Å². The summed E-state index contributed by atoms with van der Waals surface area (Å²) in [5.41, 5.74) is 9.19. The number of amides is 4. The third kappa shape index (κ3) is 8.87. The van der Waals surface area contributed by atoms with Crippen LogP contribution in [0.4, 0.5) is 4.79 Å². The van der Waals surface area contributed by atoms with E-state index < -0.39 is 53.0 Å². The minimum Gasteiger partial charge on any atom is -0.464 e. The molecule has 3 saturated heterocycles. The number of cyclic esters (lactones) is 2. The molecule has 0 aliphatic carbocycles. The number of hydrazine groups is 1. The molecule has 15 heteroatoms. The molecule has 0 unspecified atom stereocenters. The molecule has 65 heavy (non-hydrogen) atoms. The first-order valence-electron chi connectivity index (χ1n) is 22.7.